The molecular formula is C7H11ClO2. The highest BCUT2D eigenvalue weighted by Gasteiger charge is 2.04. The molecule has 0 saturated heterocycles. The van der Waals surface area contributed by atoms with Gasteiger partial charge in [-0.15, -0.1) is 11.6 Å². The Hall–Kier alpha value is -0.500. The maximum absolute atomic E-state index is 10.8. The molecular weight excluding hydrogens is 152 g/mol. The number of rotatable bonds is 3. The highest BCUT2D eigenvalue weighted by Crippen LogP contribution is 2.02. The third-order valence-electron chi connectivity index (χ3n) is 1.15. The Morgan fingerprint density at radius 3 is 2.60 bits per heavy atom. The number of ether oxygens (including phenoxy) is 1. The first-order valence-corrected chi connectivity index (χ1v) is 3.63. The summed E-state index contributed by atoms with van der Waals surface area (Å²) in [6.07, 6.45) is 2.33. The molecule has 0 N–H and O–H groups in total. The Bertz CT molecular complexity index is 141. The van der Waals surface area contributed by atoms with Crippen LogP contribution in [0.1, 0.15) is 13.3 Å². The van der Waals surface area contributed by atoms with Gasteiger partial charge in [-0.2, -0.15) is 0 Å². The van der Waals surface area contributed by atoms with Crippen LogP contribution in [0.5, 0.6) is 0 Å². The van der Waals surface area contributed by atoms with E-state index in [0.717, 1.165) is 0 Å². The van der Waals surface area contributed by atoms with Gasteiger partial charge in [0.2, 0.25) is 0 Å². The van der Waals surface area contributed by atoms with Crippen molar-refractivity contribution < 1.29 is 9.53 Å². The number of hydrogen-bond donors (Lipinski definition) is 0. The highest BCUT2D eigenvalue weighted by atomic mass is 35.5. The molecule has 0 aliphatic rings. The van der Waals surface area contributed by atoms with E-state index in [0.29, 0.717) is 17.9 Å². The first-order chi connectivity index (χ1) is 4.76. The molecule has 0 aliphatic carbocycles. The van der Waals surface area contributed by atoms with Crippen LogP contribution in [-0.4, -0.2) is 19.0 Å². The van der Waals surface area contributed by atoms with Gasteiger partial charge in [0.05, 0.1) is 7.11 Å². The number of carbonyl (C=O) groups is 1. The molecule has 0 aromatic rings. The Morgan fingerprint density at radius 1 is 1.70 bits per heavy atom. The van der Waals surface area contributed by atoms with Gasteiger partial charge in [-0.25, -0.2) is 4.79 Å². The lowest BCUT2D eigenvalue weighted by molar-refractivity contribution is -0.136. The number of alkyl halides is 1. The molecule has 3 heteroatoms. The third-order valence-corrected chi connectivity index (χ3v) is 1.31. The zero-order valence-electron chi connectivity index (χ0n) is 6.19. The monoisotopic (exact) mass is 162 g/mol. The number of halogens is 1. The summed E-state index contributed by atoms with van der Waals surface area (Å²) < 4.78 is 4.49. The Labute approximate surface area is 65.8 Å². The van der Waals surface area contributed by atoms with Crippen molar-refractivity contribution in [1.29, 1.82) is 0 Å². The summed E-state index contributed by atoms with van der Waals surface area (Å²) in [6.45, 7) is 1.88. The molecule has 10 heavy (non-hydrogen) atoms. The molecule has 0 atom stereocenters. The minimum absolute atomic E-state index is 0.289. The van der Waals surface area contributed by atoms with Crippen molar-refractivity contribution >= 4 is 17.6 Å². The van der Waals surface area contributed by atoms with E-state index in [4.69, 9.17) is 11.6 Å². The number of methoxy groups -OCH3 is 1. The zero-order chi connectivity index (χ0) is 7.98. The lowest BCUT2D eigenvalue weighted by Gasteiger charge is -1.99. The van der Waals surface area contributed by atoms with Crippen LogP contribution in [-0.2, 0) is 9.53 Å². The summed E-state index contributed by atoms with van der Waals surface area (Å²) >= 11 is 5.39. The first-order valence-electron chi connectivity index (χ1n) is 3.09. The van der Waals surface area contributed by atoms with E-state index in [-0.39, 0.29) is 5.97 Å². The lowest BCUT2D eigenvalue weighted by Crippen LogP contribution is -2.03. The van der Waals surface area contributed by atoms with Crippen molar-refractivity contribution in [2.75, 3.05) is 13.0 Å². The maximum Gasteiger partial charge on any atom is 0.333 e. The fraction of sp³-hybridized carbons (Fsp3) is 0.571. The van der Waals surface area contributed by atoms with Crippen LogP contribution in [0.3, 0.4) is 0 Å². The van der Waals surface area contributed by atoms with Crippen molar-refractivity contribution in [3.63, 3.8) is 0 Å². The second-order valence-corrected chi connectivity index (χ2v) is 2.04. The SMILES string of the molecule is CCC(=CCCl)C(=O)OC. The summed E-state index contributed by atoms with van der Waals surface area (Å²) in [5.74, 6) is 0.0706. The summed E-state index contributed by atoms with van der Waals surface area (Å²) in [6, 6.07) is 0. The van der Waals surface area contributed by atoms with Crippen molar-refractivity contribution in [2.45, 2.75) is 13.3 Å². The van der Waals surface area contributed by atoms with Crippen LogP contribution >= 0.6 is 11.6 Å². The quantitative estimate of drug-likeness (QED) is 0.359. The molecule has 0 bridgehead atoms. The summed E-state index contributed by atoms with van der Waals surface area (Å²) in [7, 11) is 1.36. The minimum atomic E-state index is -0.289. The fourth-order valence-electron chi connectivity index (χ4n) is 0.596. The van der Waals surface area contributed by atoms with Crippen LogP contribution < -0.4 is 0 Å². The topological polar surface area (TPSA) is 26.3 Å². The average Bonchev–Trinajstić information content (AvgIpc) is 1.99. The Kier molecular flexibility index (Phi) is 5.03. The summed E-state index contributed by atoms with van der Waals surface area (Å²) in [5.41, 5.74) is 0.637. The van der Waals surface area contributed by atoms with Gasteiger partial charge in [-0.05, 0) is 6.42 Å². The number of carbonyl (C=O) groups excluding carboxylic acids is 1. The predicted octanol–water partition coefficient (Wildman–Crippen LogP) is 1.73. The highest BCUT2D eigenvalue weighted by molar-refractivity contribution is 6.19. The second-order valence-electron chi connectivity index (χ2n) is 1.73. The molecule has 0 saturated carbocycles. The zero-order valence-corrected chi connectivity index (χ0v) is 6.94. The molecule has 0 aliphatic heterocycles. The molecule has 0 rings (SSSR count). The normalized spacial score (nSPS) is 11.3. The maximum atomic E-state index is 10.8. The van der Waals surface area contributed by atoms with Gasteiger partial charge < -0.3 is 4.74 Å². The molecule has 0 spiro atoms. The molecule has 0 radical (unpaired) electrons. The third kappa shape index (κ3) is 2.87. The number of hydrogen-bond acceptors (Lipinski definition) is 2. The van der Waals surface area contributed by atoms with Crippen molar-refractivity contribution in [3.8, 4) is 0 Å². The molecule has 0 aromatic carbocycles. The van der Waals surface area contributed by atoms with E-state index in [1.54, 1.807) is 6.08 Å². The summed E-state index contributed by atoms with van der Waals surface area (Å²) in [4.78, 5) is 10.8. The lowest BCUT2D eigenvalue weighted by atomic mass is 10.2. The molecule has 0 aromatic heterocycles. The Balaban J connectivity index is 4.06. The van der Waals surface area contributed by atoms with Crippen molar-refractivity contribution in [1.82, 2.24) is 0 Å². The van der Waals surface area contributed by atoms with Crippen molar-refractivity contribution in [2.24, 2.45) is 0 Å². The molecule has 0 fully saturated rings. The van der Waals surface area contributed by atoms with Crippen LogP contribution in [0, 0.1) is 0 Å². The van der Waals surface area contributed by atoms with Gasteiger partial charge in [-0.1, -0.05) is 13.0 Å². The van der Waals surface area contributed by atoms with Gasteiger partial charge >= 0.3 is 5.97 Å². The van der Waals surface area contributed by atoms with Gasteiger partial charge in [0.25, 0.3) is 0 Å². The molecule has 2 nitrogen and oxygen atoms in total. The number of esters is 1. The van der Waals surface area contributed by atoms with Gasteiger partial charge in [-0.3, -0.25) is 0 Å². The van der Waals surface area contributed by atoms with E-state index >= 15 is 0 Å². The van der Waals surface area contributed by atoms with E-state index in [1.807, 2.05) is 6.92 Å². The minimum Gasteiger partial charge on any atom is -0.466 e. The predicted molar refractivity (Wildman–Crippen MR) is 41.1 cm³/mol. The molecule has 0 unspecified atom stereocenters. The smallest absolute Gasteiger partial charge is 0.333 e. The van der Waals surface area contributed by atoms with Crippen LogP contribution in [0.4, 0.5) is 0 Å². The Morgan fingerprint density at radius 2 is 2.30 bits per heavy atom. The van der Waals surface area contributed by atoms with Crippen LogP contribution in [0.25, 0.3) is 0 Å². The molecule has 0 amide bonds. The van der Waals surface area contributed by atoms with E-state index in [9.17, 15) is 4.79 Å². The van der Waals surface area contributed by atoms with Gasteiger partial charge in [0, 0.05) is 11.5 Å². The van der Waals surface area contributed by atoms with Crippen molar-refractivity contribution in [3.05, 3.63) is 11.6 Å². The van der Waals surface area contributed by atoms with E-state index in [1.165, 1.54) is 7.11 Å². The second kappa shape index (κ2) is 5.30. The van der Waals surface area contributed by atoms with Gasteiger partial charge in [0.1, 0.15) is 0 Å². The van der Waals surface area contributed by atoms with E-state index < -0.39 is 0 Å². The van der Waals surface area contributed by atoms with Gasteiger partial charge in [0.15, 0.2) is 0 Å². The van der Waals surface area contributed by atoms with Crippen LogP contribution in [0.15, 0.2) is 11.6 Å². The fourth-order valence-corrected chi connectivity index (χ4v) is 0.782. The number of allylic oxidation sites excluding steroid dienone is 1. The average molecular weight is 163 g/mol. The van der Waals surface area contributed by atoms with E-state index in [2.05, 4.69) is 4.74 Å². The standard InChI is InChI=1S/C7H11ClO2/c1-3-6(4-5-8)7(9)10-2/h4H,3,5H2,1-2H3. The molecule has 58 valence electrons. The largest absolute Gasteiger partial charge is 0.466 e. The summed E-state index contributed by atoms with van der Waals surface area (Å²) in [5, 5.41) is 0. The molecule has 0 heterocycles. The van der Waals surface area contributed by atoms with Crippen LogP contribution in [0.2, 0.25) is 0 Å². The first kappa shape index (κ1) is 9.50.